The molecule has 1 aliphatic rings. The summed E-state index contributed by atoms with van der Waals surface area (Å²) in [5.74, 6) is 1.14. The number of hydrogen-bond acceptors (Lipinski definition) is 5. The molecule has 1 heterocycles. The van der Waals surface area contributed by atoms with Crippen LogP contribution in [0, 0.1) is 12.8 Å². The van der Waals surface area contributed by atoms with E-state index in [-0.39, 0.29) is 25.0 Å². The van der Waals surface area contributed by atoms with Crippen molar-refractivity contribution in [3.63, 3.8) is 0 Å². The van der Waals surface area contributed by atoms with Crippen molar-refractivity contribution >= 4 is 23.3 Å². The number of ether oxygens (including phenoxy) is 2. The first-order chi connectivity index (χ1) is 12.9. The third kappa shape index (κ3) is 5.00. The molecule has 0 unspecified atom stereocenters. The summed E-state index contributed by atoms with van der Waals surface area (Å²) in [6.07, 6.45) is 0. The third-order valence-electron chi connectivity index (χ3n) is 4.06. The summed E-state index contributed by atoms with van der Waals surface area (Å²) >= 11 is 0. The molecule has 1 N–H and O–H groups in total. The van der Waals surface area contributed by atoms with E-state index in [1.54, 1.807) is 23.1 Å². The second-order valence-electron chi connectivity index (χ2n) is 7.08. The number of carbonyl (C=O) groups excluding carboxylic acids is 2. The van der Waals surface area contributed by atoms with Crippen LogP contribution < -0.4 is 19.7 Å². The van der Waals surface area contributed by atoms with Gasteiger partial charge in [-0.25, -0.2) is 4.79 Å². The summed E-state index contributed by atoms with van der Waals surface area (Å²) in [6.45, 7) is 6.86. The molecule has 0 bridgehead atoms. The molecule has 6 heteroatoms. The smallest absolute Gasteiger partial charge is 0.331 e. The van der Waals surface area contributed by atoms with Gasteiger partial charge >= 0.3 is 5.97 Å². The average molecular weight is 368 g/mol. The Morgan fingerprint density at radius 3 is 2.67 bits per heavy atom. The first-order valence-corrected chi connectivity index (χ1v) is 8.99. The number of carbonyl (C=O) groups is 2. The number of benzene rings is 2. The maximum Gasteiger partial charge on any atom is 0.331 e. The molecule has 0 saturated carbocycles. The van der Waals surface area contributed by atoms with Gasteiger partial charge in [0.1, 0.15) is 12.3 Å². The Kier molecular flexibility index (Phi) is 5.64. The van der Waals surface area contributed by atoms with Gasteiger partial charge in [-0.1, -0.05) is 19.9 Å². The second kappa shape index (κ2) is 8.12. The number of aryl methyl sites for hydroxylation is 1. The summed E-state index contributed by atoms with van der Waals surface area (Å²) in [5.41, 5.74) is 2.42. The Hall–Kier alpha value is -3.02. The van der Waals surface area contributed by atoms with Gasteiger partial charge < -0.3 is 19.7 Å². The predicted molar refractivity (Wildman–Crippen MR) is 104 cm³/mol. The Morgan fingerprint density at radius 2 is 1.96 bits per heavy atom. The molecular formula is C21H24N2O4. The molecule has 2 aromatic rings. The molecule has 1 aliphatic heterocycles. The van der Waals surface area contributed by atoms with Gasteiger partial charge in [-0.2, -0.15) is 0 Å². The average Bonchev–Trinajstić information content (AvgIpc) is 2.60. The van der Waals surface area contributed by atoms with Crippen LogP contribution in [0.3, 0.4) is 0 Å². The largest absolute Gasteiger partial charge is 0.493 e. The fourth-order valence-electron chi connectivity index (χ4n) is 2.77. The number of esters is 1. The third-order valence-corrected chi connectivity index (χ3v) is 4.06. The fourth-order valence-corrected chi connectivity index (χ4v) is 2.77. The van der Waals surface area contributed by atoms with Gasteiger partial charge in [0, 0.05) is 5.69 Å². The van der Waals surface area contributed by atoms with Crippen molar-refractivity contribution in [1.82, 2.24) is 0 Å². The lowest BCUT2D eigenvalue weighted by Crippen LogP contribution is -2.41. The normalized spacial score (nSPS) is 13.2. The Balaban J connectivity index is 1.62. The van der Waals surface area contributed by atoms with Gasteiger partial charge in [0.25, 0.3) is 0 Å². The summed E-state index contributed by atoms with van der Waals surface area (Å²) in [5, 5.41) is 2.85. The molecule has 0 spiro atoms. The van der Waals surface area contributed by atoms with Crippen molar-refractivity contribution < 1.29 is 19.1 Å². The van der Waals surface area contributed by atoms with E-state index in [0.29, 0.717) is 24.0 Å². The number of nitrogens with zero attached hydrogens (tertiary/aromatic N) is 1. The molecule has 0 fully saturated rings. The summed E-state index contributed by atoms with van der Waals surface area (Å²) in [6, 6.07) is 12.9. The minimum atomic E-state index is -0.368. The lowest BCUT2D eigenvalue weighted by Gasteiger charge is -2.29. The molecule has 0 saturated heterocycles. The van der Waals surface area contributed by atoms with Gasteiger partial charge in [-0.05, 0) is 54.8 Å². The highest BCUT2D eigenvalue weighted by Gasteiger charge is 2.25. The lowest BCUT2D eigenvalue weighted by molar-refractivity contribution is -0.133. The monoisotopic (exact) mass is 368 g/mol. The van der Waals surface area contributed by atoms with Gasteiger partial charge in [-0.15, -0.1) is 0 Å². The Bertz CT molecular complexity index is 831. The van der Waals surface area contributed by atoms with E-state index < -0.39 is 0 Å². The maximum atomic E-state index is 12.4. The van der Waals surface area contributed by atoms with E-state index in [1.165, 1.54) is 0 Å². The summed E-state index contributed by atoms with van der Waals surface area (Å²) < 4.78 is 10.9. The number of rotatable bonds is 6. The van der Waals surface area contributed by atoms with Crippen LogP contribution >= 0.6 is 0 Å². The first kappa shape index (κ1) is 18.8. The van der Waals surface area contributed by atoms with Crippen LogP contribution in [-0.2, 0) is 9.59 Å². The van der Waals surface area contributed by atoms with Crippen molar-refractivity contribution in [2.75, 3.05) is 29.9 Å². The predicted octanol–water partition coefficient (Wildman–Crippen LogP) is 3.39. The molecule has 142 valence electrons. The van der Waals surface area contributed by atoms with Gasteiger partial charge in [-0.3, -0.25) is 4.79 Å². The van der Waals surface area contributed by atoms with E-state index in [1.807, 2.05) is 31.2 Å². The summed E-state index contributed by atoms with van der Waals surface area (Å²) in [7, 11) is 0. The number of fused-ring (bicyclic) bond motifs is 1. The minimum Gasteiger partial charge on any atom is -0.493 e. The standard InChI is InChI=1S/C21H24N2O4/c1-14(2)13-26-17-7-5-16(6-8-17)22-20(24)11-23-12-21(25)27-19-10-15(3)4-9-18(19)23/h4-10,14H,11-13H2,1-3H3,(H,22,24). The number of amides is 1. The zero-order chi connectivity index (χ0) is 19.4. The number of nitrogens with one attached hydrogen (secondary N) is 1. The molecule has 0 atom stereocenters. The highest BCUT2D eigenvalue weighted by molar-refractivity contribution is 5.96. The lowest BCUT2D eigenvalue weighted by atomic mass is 10.1. The fraction of sp³-hybridized carbons (Fsp3) is 0.333. The molecule has 3 rings (SSSR count). The highest BCUT2D eigenvalue weighted by atomic mass is 16.5. The van der Waals surface area contributed by atoms with E-state index in [4.69, 9.17) is 9.47 Å². The molecule has 27 heavy (non-hydrogen) atoms. The van der Waals surface area contributed by atoms with Crippen molar-refractivity contribution in [1.29, 1.82) is 0 Å². The number of anilines is 2. The zero-order valence-corrected chi connectivity index (χ0v) is 15.8. The molecular weight excluding hydrogens is 344 g/mol. The molecule has 0 aromatic heterocycles. The van der Waals surface area contributed by atoms with E-state index >= 15 is 0 Å². The molecule has 0 radical (unpaired) electrons. The number of hydrogen-bond donors (Lipinski definition) is 1. The molecule has 0 aliphatic carbocycles. The first-order valence-electron chi connectivity index (χ1n) is 8.99. The van der Waals surface area contributed by atoms with Crippen LogP contribution in [0.5, 0.6) is 11.5 Å². The van der Waals surface area contributed by atoms with Crippen molar-refractivity contribution in [2.45, 2.75) is 20.8 Å². The zero-order valence-electron chi connectivity index (χ0n) is 15.8. The van der Waals surface area contributed by atoms with Crippen LogP contribution in [0.4, 0.5) is 11.4 Å². The van der Waals surface area contributed by atoms with Crippen molar-refractivity contribution in [3.8, 4) is 11.5 Å². The van der Waals surface area contributed by atoms with E-state index in [9.17, 15) is 9.59 Å². The maximum absolute atomic E-state index is 12.4. The van der Waals surface area contributed by atoms with Crippen LogP contribution in [0.25, 0.3) is 0 Å². The van der Waals surface area contributed by atoms with Gasteiger partial charge in [0.2, 0.25) is 5.91 Å². The van der Waals surface area contributed by atoms with Crippen molar-refractivity contribution in [2.24, 2.45) is 5.92 Å². The minimum absolute atomic E-state index is 0.0471. The Labute approximate surface area is 159 Å². The van der Waals surface area contributed by atoms with E-state index in [2.05, 4.69) is 19.2 Å². The SMILES string of the molecule is Cc1ccc2c(c1)OC(=O)CN2CC(=O)Nc1ccc(OCC(C)C)cc1. The van der Waals surface area contributed by atoms with Crippen LogP contribution in [0.15, 0.2) is 42.5 Å². The molecule has 2 aromatic carbocycles. The molecule has 6 nitrogen and oxygen atoms in total. The molecule has 1 amide bonds. The quantitative estimate of drug-likeness (QED) is 0.625. The highest BCUT2D eigenvalue weighted by Crippen LogP contribution is 2.32. The second-order valence-corrected chi connectivity index (χ2v) is 7.08. The van der Waals surface area contributed by atoms with Gasteiger partial charge in [0.05, 0.1) is 18.8 Å². The van der Waals surface area contributed by atoms with Crippen molar-refractivity contribution in [3.05, 3.63) is 48.0 Å². The van der Waals surface area contributed by atoms with E-state index in [0.717, 1.165) is 17.0 Å². The van der Waals surface area contributed by atoms with Crippen LogP contribution in [0.1, 0.15) is 19.4 Å². The topological polar surface area (TPSA) is 67.9 Å². The van der Waals surface area contributed by atoms with Gasteiger partial charge in [0.15, 0.2) is 5.75 Å². The summed E-state index contributed by atoms with van der Waals surface area (Å²) in [4.78, 5) is 26.0. The van der Waals surface area contributed by atoms with Crippen LogP contribution in [-0.4, -0.2) is 31.6 Å². The Morgan fingerprint density at radius 1 is 1.22 bits per heavy atom. The van der Waals surface area contributed by atoms with Crippen LogP contribution in [0.2, 0.25) is 0 Å².